The normalized spacial score (nSPS) is 18.7. The van der Waals surface area contributed by atoms with Gasteiger partial charge < -0.3 is 24.3 Å². The van der Waals surface area contributed by atoms with Gasteiger partial charge in [-0.2, -0.15) is 9.97 Å². The van der Waals surface area contributed by atoms with Crippen LogP contribution in [-0.2, 0) is 27.8 Å². The summed E-state index contributed by atoms with van der Waals surface area (Å²) in [6.07, 6.45) is 4.38. The Bertz CT molecular complexity index is 1780. The summed E-state index contributed by atoms with van der Waals surface area (Å²) in [6, 6.07) is 12.6. The van der Waals surface area contributed by atoms with E-state index in [1.165, 1.54) is 26.7 Å². The zero-order valence-electron chi connectivity index (χ0n) is 26.6. The average Bonchev–Trinajstić information content (AvgIpc) is 3.02. The zero-order chi connectivity index (χ0) is 32.4. The number of carbonyl (C=O) groups is 1. The highest BCUT2D eigenvalue weighted by Gasteiger charge is 2.36. The van der Waals surface area contributed by atoms with Crippen LogP contribution in [0.1, 0.15) is 36.1 Å². The van der Waals surface area contributed by atoms with Gasteiger partial charge in [0.2, 0.25) is 22.5 Å². The molecule has 1 saturated heterocycles. The van der Waals surface area contributed by atoms with E-state index in [1.54, 1.807) is 11.9 Å². The number of fused-ring (bicyclic) bond motifs is 2. The summed E-state index contributed by atoms with van der Waals surface area (Å²) in [4.78, 5) is 32.2. The Hall–Kier alpha value is -4.21. The fourth-order valence-corrected chi connectivity index (χ4v) is 8.49. The van der Waals surface area contributed by atoms with E-state index in [1.807, 2.05) is 0 Å². The van der Waals surface area contributed by atoms with Gasteiger partial charge in [-0.05, 0) is 49.3 Å². The summed E-state index contributed by atoms with van der Waals surface area (Å²) in [5.41, 5.74) is 4.26. The Morgan fingerprint density at radius 2 is 1.93 bits per heavy atom. The summed E-state index contributed by atoms with van der Waals surface area (Å²) in [5.74, 6) is 0.578. The molecule has 2 fully saturated rings. The first kappa shape index (κ1) is 31.8. The third kappa shape index (κ3) is 6.13. The Kier molecular flexibility index (Phi) is 9.15. The maximum Gasteiger partial charge on any atom is 0.318 e. The first-order valence-corrected chi connectivity index (χ1v) is 17.4. The molecule has 1 atom stereocenters. The van der Waals surface area contributed by atoms with Gasteiger partial charge in [0.25, 0.3) is 0 Å². The lowest BCUT2D eigenvalue weighted by molar-refractivity contribution is -0.128. The average molecular weight is 644 g/mol. The fourth-order valence-electron chi connectivity index (χ4n) is 6.72. The SMILES string of the molecule is [C-]#[N+]C[C@H]1CN(c2nc(OCCN(C)S(=O)(=O)C3CCC3)nc3c2CCN(c2cccc4cccc(C)c24)C3)CCN1C(=O)C=C. The number of nitrogens with zero attached hydrogens (tertiary/aromatic N) is 7. The number of aromatic nitrogens is 2. The fraction of sp³-hybridized carbons (Fsp3) is 0.471. The standard InChI is InChI=1S/C34H41N7O4S/c1-5-31(42)41-18-17-40(22-26(41)21-35-3)33-28-15-16-39(30-14-7-11-25-10-6-9-24(2)32(25)30)23-29(28)36-34(37-33)45-20-19-38(4)46(43,44)27-12-8-13-27/h5-7,9-11,14,26-27H,1,8,12-13,15-23H2,2,4H3/t26-/m0/s1. The van der Waals surface area contributed by atoms with E-state index in [0.29, 0.717) is 39.0 Å². The molecule has 12 heteroatoms. The minimum Gasteiger partial charge on any atom is -0.462 e. The second-order valence-electron chi connectivity index (χ2n) is 12.3. The highest BCUT2D eigenvalue weighted by atomic mass is 32.2. The molecule has 1 amide bonds. The highest BCUT2D eigenvalue weighted by molar-refractivity contribution is 7.89. The minimum atomic E-state index is -3.35. The summed E-state index contributed by atoms with van der Waals surface area (Å²) in [5, 5.41) is 2.11. The van der Waals surface area contributed by atoms with Crippen LogP contribution in [0.15, 0.2) is 49.1 Å². The van der Waals surface area contributed by atoms with Crippen LogP contribution in [0.5, 0.6) is 6.01 Å². The first-order chi connectivity index (χ1) is 22.2. The third-order valence-corrected chi connectivity index (χ3v) is 11.9. The van der Waals surface area contributed by atoms with E-state index < -0.39 is 10.0 Å². The van der Waals surface area contributed by atoms with Crippen molar-refractivity contribution in [3.63, 3.8) is 0 Å². The lowest BCUT2D eigenvalue weighted by atomic mass is 9.99. The summed E-state index contributed by atoms with van der Waals surface area (Å²) in [6.45, 7) is 16.6. The second-order valence-corrected chi connectivity index (χ2v) is 14.6. The molecule has 242 valence electrons. The maximum absolute atomic E-state index is 12.8. The van der Waals surface area contributed by atoms with Gasteiger partial charge in [-0.3, -0.25) is 4.79 Å². The largest absolute Gasteiger partial charge is 0.462 e. The van der Waals surface area contributed by atoms with Crippen LogP contribution < -0.4 is 14.5 Å². The smallest absolute Gasteiger partial charge is 0.318 e. The van der Waals surface area contributed by atoms with E-state index in [0.717, 1.165) is 42.1 Å². The number of sulfonamides is 1. The van der Waals surface area contributed by atoms with Crippen LogP contribution in [0.3, 0.4) is 0 Å². The van der Waals surface area contributed by atoms with Gasteiger partial charge in [0.1, 0.15) is 18.5 Å². The Balaban J connectivity index is 1.30. The number of hydrogen-bond acceptors (Lipinski definition) is 8. The van der Waals surface area contributed by atoms with Crippen molar-refractivity contribution < 1.29 is 17.9 Å². The lowest BCUT2D eigenvalue weighted by Gasteiger charge is -2.41. The van der Waals surface area contributed by atoms with E-state index >= 15 is 0 Å². The number of benzene rings is 2. The number of piperazine rings is 1. The zero-order valence-corrected chi connectivity index (χ0v) is 27.4. The molecular formula is C34H41N7O4S. The lowest BCUT2D eigenvalue weighted by Crippen LogP contribution is -2.56. The van der Waals surface area contributed by atoms with E-state index in [-0.39, 0.29) is 42.9 Å². The molecule has 0 bridgehead atoms. The van der Waals surface area contributed by atoms with Crippen LogP contribution >= 0.6 is 0 Å². The van der Waals surface area contributed by atoms with E-state index in [9.17, 15) is 13.2 Å². The van der Waals surface area contributed by atoms with Crippen molar-refractivity contribution in [3.05, 3.63) is 77.3 Å². The molecule has 0 N–H and O–H groups in total. The monoisotopic (exact) mass is 643 g/mol. The van der Waals surface area contributed by atoms with E-state index in [2.05, 4.69) is 64.5 Å². The minimum absolute atomic E-state index is 0.120. The number of amides is 1. The molecule has 1 aromatic heterocycles. The molecule has 11 nitrogen and oxygen atoms in total. The van der Waals surface area contributed by atoms with Crippen LogP contribution in [0.25, 0.3) is 15.6 Å². The number of likely N-dealkylation sites (N-methyl/N-ethyl adjacent to an activating group) is 1. The van der Waals surface area contributed by atoms with Gasteiger partial charge in [0.15, 0.2) is 0 Å². The summed E-state index contributed by atoms with van der Waals surface area (Å²) in [7, 11) is -1.75. The van der Waals surface area contributed by atoms with Crippen LogP contribution in [0, 0.1) is 13.5 Å². The van der Waals surface area contributed by atoms with Gasteiger partial charge in [0.05, 0.1) is 17.5 Å². The first-order valence-electron chi connectivity index (χ1n) is 15.9. The number of rotatable bonds is 10. The molecule has 2 aliphatic heterocycles. The van der Waals surface area contributed by atoms with Crippen molar-refractivity contribution in [2.45, 2.75) is 50.4 Å². The van der Waals surface area contributed by atoms with Crippen molar-refractivity contribution in [1.29, 1.82) is 0 Å². The van der Waals surface area contributed by atoms with Gasteiger partial charge in [-0.25, -0.2) is 19.3 Å². The Labute approximate surface area is 271 Å². The molecule has 0 unspecified atom stereocenters. The molecule has 1 aliphatic carbocycles. The Morgan fingerprint density at radius 1 is 1.15 bits per heavy atom. The van der Waals surface area contributed by atoms with Gasteiger partial charge >= 0.3 is 6.01 Å². The highest BCUT2D eigenvalue weighted by Crippen LogP contribution is 2.36. The third-order valence-electron chi connectivity index (χ3n) is 9.54. The van der Waals surface area contributed by atoms with Crippen LogP contribution in [0.2, 0.25) is 0 Å². The second kappa shape index (κ2) is 13.3. The van der Waals surface area contributed by atoms with Gasteiger partial charge in [-0.15, -0.1) is 0 Å². The molecular weight excluding hydrogens is 602 g/mol. The predicted molar refractivity (Wildman–Crippen MR) is 180 cm³/mol. The molecule has 0 spiro atoms. The summed E-state index contributed by atoms with van der Waals surface area (Å²) < 4.78 is 33.2. The van der Waals surface area contributed by atoms with Crippen molar-refractivity contribution in [3.8, 4) is 6.01 Å². The summed E-state index contributed by atoms with van der Waals surface area (Å²) >= 11 is 0. The number of anilines is 2. The maximum atomic E-state index is 12.8. The molecule has 3 aliphatic rings. The molecule has 2 aromatic carbocycles. The number of carbonyl (C=O) groups excluding carboxylic acids is 1. The van der Waals surface area contributed by atoms with Crippen LogP contribution in [0.4, 0.5) is 11.5 Å². The van der Waals surface area contributed by atoms with Gasteiger partial charge in [-0.1, -0.05) is 43.3 Å². The van der Waals surface area contributed by atoms with Crippen LogP contribution in [-0.4, -0.2) is 97.7 Å². The van der Waals surface area contributed by atoms with Crippen molar-refractivity contribution >= 4 is 38.2 Å². The number of aryl methyl sites for hydroxylation is 1. The molecule has 0 radical (unpaired) electrons. The van der Waals surface area contributed by atoms with Crippen molar-refractivity contribution in [1.82, 2.24) is 19.2 Å². The number of ether oxygens (including phenoxy) is 1. The predicted octanol–water partition coefficient (Wildman–Crippen LogP) is 3.82. The Morgan fingerprint density at radius 3 is 2.65 bits per heavy atom. The van der Waals surface area contributed by atoms with Crippen molar-refractivity contribution in [2.24, 2.45) is 0 Å². The van der Waals surface area contributed by atoms with Crippen molar-refractivity contribution in [2.75, 3.05) is 62.7 Å². The van der Waals surface area contributed by atoms with Gasteiger partial charge in [0, 0.05) is 56.4 Å². The molecule has 3 heterocycles. The number of hydrogen-bond donors (Lipinski definition) is 0. The molecule has 3 aromatic rings. The molecule has 1 saturated carbocycles. The van der Waals surface area contributed by atoms with E-state index in [4.69, 9.17) is 21.3 Å². The topological polar surface area (TPSA) is 104 Å². The quantitative estimate of drug-likeness (QED) is 0.243. The molecule has 46 heavy (non-hydrogen) atoms. The molecule has 6 rings (SSSR count).